The zero-order valence-electron chi connectivity index (χ0n) is 14.7. The number of rotatable bonds is 8. The summed E-state index contributed by atoms with van der Waals surface area (Å²) in [7, 11) is -1.53. The number of benzene rings is 1. The standard InChI is InChI=1S/C18H29NO3S/c1-5-7-12-22-16-9-10-17-15(13-16)8-11-18(17)19(4)23(20,21)14(3)6-2/h9-10,13-14,18H,5-8,11-12H2,1-4H3. The first-order valence-corrected chi connectivity index (χ1v) is 10.1. The van der Waals surface area contributed by atoms with Gasteiger partial charge >= 0.3 is 0 Å². The van der Waals surface area contributed by atoms with Crippen molar-refractivity contribution in [3.05, 3.63) is 29.3 Å². The molecule has 0 amide bonds. The molecule has 2 unspecified atom stereocenters. The molecule has 0 fully saturated rings. The van der Waals surface area contributed by atoms with Crippen LogP contribution in [0.4, 0.5) is 0 Å². The number of fused-ring (bicyclic) bond motifs is 1. The van der Waals surface area contributed by atoms with Gasteiger partial charge in [-0.2, -0.15) is 4.31 Å². The Labute approximate surface area is 140 Å². The van der Waals surface area contributed by atoms with Crippen LogP contribution in [0.25, 0.3) is 0 Å². The Kier molecular flexibility index (Phi) is 6.09. The minimum absolute atomic E-state index is 0.0475. The number of sulfonamides is 1. The van der Waals surface area contributed by atoms with Crippen LogP contribution in [-0.2, 0) is 16.4 Å². The normalized spacial score (nSPS) is 18.9. The van der Waals surface area contributed by atoms with Gasteiger partial charge in [-0.25, -0.2) is 8.42 Å². The topological polar surface area (TPSA) is 46.6 Å². The third-order valence-electron chi connectivity index (χ3n) is 4.85. The van der Waals surface area contributed by atoms with Crippen molar-refractivity contribution in [1.29, 1.82) is 0 Å². The van der Waals surface area contributed by atoms with Gasteiger partial charge in [-0.15, -0.1) is 0 Å². The maximum absolute atomic E-state index is 12.6. The molecule has 5 heteroatoms. The van der Waals surface area contributed by atoms with Gasteiger partial charge in [0.25, 0.3) is 0 Å². The van der Waals surface area contributed by atoms with Crippen LogP contribution < -0.4 is 4.74 Å². The number of ether oxygens (including phenoxy) is 1. The third-order valence-corrected chi connectivity index (χ3v) is 7.26. The molecule has 0 heterocycles. The SMILES string of the molecule is CCCCOc1ccc2c(c1)CCC2N(C)S(=O)(=O)C(C)CC. The van der Waals surface area contributed by atoms with E-state index in [0.29, 0.717) is 6.42 Å². The van der Waals surface area contributed by atoms with Crippen molar-refractivity contribution < 1.29 is 13.2 Å². The highest BCUT2D eigenvalue weighted by Gasteiger charge is 2.35. The van der Waals surface area contributed by atoms with E-state index in [0.717, 1.165) is 43.6 Å². The van der Waals surface area contributed by atoms with E-state index in [2.05, 4.69) is 13.0 Å². The minimum Gasteiger partial charge on any atom is -0.494 e. The van der Waals surface area contributed by atoms with Gasteiger partial charge in [0.05, 0.1) is 11.9 Å². The van der Waals surface area contributed by atoms with Crippen LogP contribution in [-0.4, -0.2) is 31.6 Å². The maximum Gasteiger partial charge on any atom is 0.217 e. The molecule has 1 aliphatic rings. The Bertz CT molecular complexity index is 627. The van der Waals surface area contributed by atoms with Crippen molar-refractivity contribution in [3.8, 4) is 5.75 Å². The fraction of sp³-hybridized carbons (Fsp3) is 0.667. The fourth-order valence-electron chi connectivity index (χ4n) is 3.05. The average Bonchev–Trinajstić information content (AvgIpc) is 2.96. The number of hydrogen-bond donors (Lipinski definition) is 0. The first-order chi connectivity index (χ1) is 10.9. The lowest BCUT2D eigenvalue weighted by Gasteiger charge is -2.27. The van der Waals surface area contributed by atoms with Gasteiger partial charge in [0.15, 0.2) is 0 Å². The molecule has 1 aliphatic carbocycles. The van der Waals surface area contributed by atoms with Crippen LogP contribution in [0, 0.1) is 0 Å². The number of nitrogens with zero attached hydrogens (tertiary/aromatic N) is 1. The van der Waals surface area contributed by atoms with E-state index in [4.69, 9.17) is 4.74 Å². The molecule has 23 heavy (non-hydrogen) atoms. The minimum atomic E-state index is -3.24. The molecule has 130 valence electrons. The van der Waals surface area contributed by atoms with Gasteiger partial charge in [-0.1, -0.05) is 26.3 Å². The summed E-state index contributed by atoms with van der Waals surface area (Å²) in [6.07, 6.45) is 4.56. The van der Waals surface area contributed by atoms with E-state index in [9.17, 15) is 8.42 Å². The van der Waals surface area contributed by atoms with E-state index in [1.807, 2.05) is 19.1 Å². The molecule has 0 N–H and O–H groups in total. The zero-order valence-corrected chi connectivity index (χ0v) is 15.5. The number of hydrogen-bond acceptors (Lipinski definition) is 3. The van der Waals surface area contributed by atoms with Crippen LogP contribution in [0.5, 0.6) is 5.75 Å². The lowest BCUT2D eigenvalue weighted by Crippen LogP contribution is -2.36. The van der Waals surface area contributed by atoms with Crippen molar-refractivity contribution in [2.45, 2.75) is 64.2 Å². The predicted molar refractivity (Wildman–Crippen MR) is 94.3 cm³/mol. The Hall–Kier alpha value is -1.07. The summed E-state index contributed by atoms with van der Waals surface area (Å²) in [6, 6.07) is 6.04. The van der Waals surface area contributed by atoms with Crippen LogP contribution in [0.1, 0.15) is 63.6 Å². The van der Waals surface area contributed by atoms with E-state index in [1.54, 1.807) is 18.3 Å². The fourth-order valence-corrected chi connectivity index (χ4v) is 4.61. The van der Waals surface area contributed by atoms with Crippen molar-refractivity contribution in [2.24, 2.45) is 0 Å². The number of aryl methyl sites for hydroxylation is 1. The highest BCUT2D eigenvalue weighted by molar-refractivity contribution is 7.89. The molecular weight excluding hydrogens is 310 g/mol. The molecule has 2 atom stereocenters. The molecular formula is C18H29NO3S. The van der Waals surface area contributed by atoms with Crippen LogP contribution >= 0.6 is 0 Å². The highest BCUT2D eigenvalue weighted by Crippen LogP contribution is 2.38. The molecule has 2 rings (SSSR count). The molecule has 1 aromatic rings. The monoisotopic (exact) mass is 339 g/mol. The smallest absolute Gasteiger partial charge is 0.217 e. The predicted octanol–water partition coefficient (Wildman–Crippen LogP) is 3.91. The molecule has 4 nitrogen and oxygen atoms in total. The summed E-state index contributed by atoms with van der Waals surface area (Å²) in [5, 5.41) is -0.340. The van der Waals surface area contributed by atoms with E-state index in [1.165, 1.54) is 5.56 Å². The van der Waals surface area contributed by atoms with Gasteiger partial charge in [0.2, 0.25) is 10.0 Å². The Morgan fingerprint density at radius 2 is 2.09 bits per heavy atom. The Morgan fingerprint density at radius 3 is 2.74 bits per heavy atom. The Morgan fingerprint density at radius 1 is 1.35 bits per heavy atom. The molecule has 0 aromatic heterocycles. The quantitative estimate of drug-likeness (QED) is 0.675. The van der Waals surface area contributed by atoms with Crippen molar-refractivity contribution in [3.63, 3.8) is 0 Å². The average molecular weight is 340 g/mol. The molecule has 0 spiro atoms. The first-order valence-electron chi connectivity index (χ1n) is 8.64. The first kappa shape index (κ1) is 18.3. The molecule has 0 saturated heterocycles. The molecule has 0 bridgehead atoms. The second-order valence-corrected chi connectivity index (χ2v) is 8.81. The largest absolute Gasteiger partial charge is 0.494 e. The second kappa shape index (κ2) is 7.67. The molecule has 0 aliphatic heterocycles. The van der Waals surface area contributed by atoms with Crippen molar-refractivity contribution >= 4 is 10.0 Å². The summed E-state index contributed by atoms with van der Waals surface area (Å²) < 4.78 is 32.5. The lowest BCUT2D eigenvalue weighted by molar-refractivity contribution is 0.309. The highest BCUT2D eigenvalue weighted by atomic mass is 32.2. The lowest BCUT2D eigenvalue weighted by atomic mass is 10.1. The van der Waals surface area contributed by atoms with Gasteiger partial charge < -0.3 is 4.74 Å². The van der Waals surface area contributed by atoms with E-state index in [-0.39, 0.29) is 11.3 Å². The summed E-state index contributed by atoms with van der Waals surface area (Å²) in [5.41, 5.74) is 2.34. The van der Waals surface area contributed by atoms with Crippen molar-refractivity contribution in [2.75, 3.05) is 13.7 Å². The van der Waals surface area contributed by atoms with Gasteiger partial charge in [0.1, 0.15) is 5.75 Å². The Balaban J connectivity index is 2.16. The summed E-state index contributed by atoms with van der Waals surface area (Å²) in [5.74, 6) is 0.894. The number of unbranched alkanes of at least 4 members (excludes halogenated alkanes) is 1. The van der Waals surface area contributed by atoms with E-state index < -0.39 is 10.0 Å². The third kappa shape index (κ3) is 3.89. The molecule has 0 saturated carbocycles. The summed E-state index contributed by atoms with van der Waals surface area (Å²) >= 11 is 0. The molecule has 0 radical (unpaired) electrons. The van der Waals surface area contributed by atoms with Crippen LogP contribution in [0.2, 0.25) is 0 Å². The summed E-state index contributed by atoms with van der Waals surface area (Å²) in [4.78, 5) is 0. The van der Waals surface area contributed by atoms with Crippen LogP contribution in [0.3, 0.4) is 0 Å². The van der Waals surface area contributed by atoms with Crippen LogP contribution in [0.15, 0.2) is 18.2 Å². The van der Waals surface area contributed by atoms with Gasteiger partial charge in [0, 0.05) is 13.1 Å². The molecule has 1 aromatic carbocycles. The van der Waals surface area contributed by atoms with Crippen molar-refractivity contribution in [1.82, 2.24) is 4.31 Å². The zero-order chi connectivity index (χ0) is 17.0. The maximum atomic E-state index is 12.6. The van der Waals surface area contributed by atoms with Gasteiger partial charge in [-0.05, 0) is 55.9 Å². The van der Waals surface area contributed by atoms with E-state index >= 15 is 0 Å². The summed E-state index contributed by atoms with van der Waals surface area (Å²) in [6.45, 7) is 6.58. The second-order valence-electron chi connectivity index (χ2n) is 6.40. The van der Waals surface area contributed by atoms with Gasteiger partial charge in [-0.3, -0.25) is 0 Å².